The van der Waals surface area contributed by atoms with Crippen molar-refractivity contribution in [1.29, 1.82) is 0 Å². The maximum Gasteiger partial charge on any atom is 0.242 e. The van der Waals surface area contributed by atoms with Crippen LogP contribution in [0.1, 0.15) is 31.2 Å². The van der Waals surface area contributed by atoms with Gasteiger partial charge in [0.1, 0.15) is 0 Å². The average Bonchev–Trinajstić information content (AvgIpc) is 3.20. The summed E-state index contributed by atoms with van der Waals surface area (Å²) in [4.78, 5) is 6.25. The molecule has 0 aliphatic rings. The van der Waals surface area contributed by atoms with Gasteiger partial charge in [-0.3, -0.25) is 0 Å². The van der Waals surface area contributed by atoms with Crippen LogP contribution in [-0.4, -0.2) is 45.9 Å². The number of thiophene rings is 1. The fourth-order valence-electron chi connectivity index (χ4n) is 2.55. The second kappa shape index (κ2) is 9.54. The number of hydrogen-bond acceptors (Lipinski definition) is 4. The van der Waals surface area contributed by atoms with E-state index in [4.69, 9.17) is 0 Å². The van der Waals surface area contributed by atoms with E-state index >= 15 is 0 Å². The predicted molar refractivity (Wildman–Crippen MR) is 117 cm³/mol. The van der Waals surface area contributed by atoms with Crippen LogP contribution >= 0.6 is 11.3 Å². The van der Waals surface area contributed by atoms with Gasteiger partial charge in [-0.1, -0.05) is 32.0 Å². The van der Waals surface area contributed by atoms with Crippen molar-refractivity contribution in [2.24, 2.45) is 4.99 Å². The van der Waals surface area contributed by atoms with Crippen LogP contribution in [0.25, 0.3) is 0 Å². The highest BCUT2D eigenvalue weighted by Crippen LogP contribution is 2.26. The molecule has 1 aromatic heterocycles. The van der Waals surface area contributed by atoms with E-state index in [0.717, 1.165) is 24.6 Å². The van der Waals surface area contributed by atoms with Gasteiger partial charge < -0.3 is 10.6 Å². The minimum atomic E-state index is -3.41. The summed E-state index contributed by atoms with van der Waals surface area (Å²) in [5.74, 6) is 0.747. The van der Waals surface area contributed by atoms with E-state index in [1.165, 1.54) is 23.3 Å². The van der Waals surface area contributed by atoms with Crippen molar-refractivity contribution in [3.63, 3.8) is 0 Å². The Bertz CT molecular complexity index is 871. The number of rotatable bonds is 8. The van der Waals surface area contributed by atoms with Crippen molar-refractivity contribution in [1.82, 2.24) is 14.9 Å². The van der Waals surface area contributed by atoms with Crippen molar-refractivity contribution >= 4 is 27.3 Å². The number of nitrogens with one attached hydrogen (secondary N) is 2. The van der Waals surface area contributed by atoms with Crippen molar-refractivity contribution in [3.05, 3.63) is 52.2 Å². The van der Waals surface area contributed by atoms with Gasteiger partial charge in [0.25, 0.3) is 0 Å². The normalized spacial score (nSPS) is 13.0. The second-order valence-electron chi connectivity index (χ2n) is 7.34. The van der Waals surface area contributed by atoms with Crippen LogP contribution in [0.5, 0.6) is 0 Å². The van der Waals surface area contributed by atoms with E-state index in [1.54, 1.807) is 35.6 Å². The largest absolute Gasteiger partial charge is 0.357 e. The molecule has 6 nitrogen and oxygen atoms in total. The summed E-state index contributed by atoms with van der Waals surface area (Å²) in [6.45, 7) is 8.45. The Balaban J connectivity index is 2.04. The molecule has 0 saturated carbocycles. The Hall–Kier alpha value is -1.90. The molecular weight excluding hydrogens is 392 g/mol. The molecule has 2 N–H and O–H groups in total. The second-order valence-corrected chi connectivity index (χ2v) is 10.4. The third-order valence-corrected chi connectivity index (χ3v) is 7.42. The van der Waals surface area contributed by atoms with Crippen LogP contribution in [0.15, 0.2) is 51.7 Å². The van der Waals surface area contributed by atoms with Gasteiger partial charge in [0.2, 0.25) is 10.0 Å². The molecule has 0 fully saturated rings. The Morgan fingerprint density at radius 1 is 1.14 bits per heavy atom. The summed E-state index contributed by atoms with van der Waals surface area (Å²) in [5, 5.41) is 8.77. The molecule has 0 amide bonds. The van der Waals surface area contributed by atoms with E-state index in [2.05, 4.69) is 47.0 Å². The Labute approximate surface area is 172 Å². The molecule has 154 valence electrons. The third-order valence-electron chi connectivity index (χ3n) is 4.35. The number of hydrogen-bond donors (Lipinski definition) is 2. The highest BCUT2D eigenvalue weighted by molar-refractivity contribution is 7.89. The van der Waals surface area contributed by atoms with Crippen molar-refractivity contribution in [2.45, 2.75) is 37.6 Å². The van der Waals surface area contributed by atoms with Crippen LogP contribution in [-0.2, 0) is 22.0 Å². The van der Waals surface area contributed by atoms with Gasteiger partial charge in [-0.25, -0.2) is 17.7 Å². The minimum Gasteiger partial charge on any atom is -0.357 e. The molecule has 28 heavy (non-hydrogen) atoms. The standard InChI is InChI=1S/C20H30N4O2S2/c1-6-21-19(23-15-20(2,3)18-8-7-13-27-18)22-14-16-9-11-17(12-10-16)28(25,26)24(4)5/h7-13H,6,14-15H2,1-5H3,(H2,21,22,23). The monoisotopic (exact) mass is 422 g/mol. The summed E-state index contributed by atoms with van der Waals surface area (Å²) >= 11 is 1.76. The Morgan fingerprint density at radius 3 is 2.36 bits per heavy atom. The van der Waals surface area contributed by atoms with Crippen molar-refractivity contribution < 1.29 is 8.42 Å². The van der Waals surface area contributed by atoms with Crippen LogP contribution < -0.4 is 10.6 Å². The van der Waals surface area contributed by atoms with Gasteiger partial charge in [-0.2, -0.15) is 0 Å². The van der Waals surface area contributed by atoms with Gasteiger partial charge in [-0.15, -0.1) is 11.3 Å². The summed E-state index contributed by atoms with van der Waals surface area (Å²) in [7, 11) is -0.352. The van der Waals surface area contributed by atoms with Gasteiger partial charge in [-0.05, 0) is 36.1 Å². The first-order valence-corrected chi connectivity index (χ1v) is 11.6. The summed E-state index contributed by atoms with van der Waals surface area (Å²) < 4.78 is 25.5. The van der Waals surface area contributed by atoms with Crippen molar-refractivity contribution in [2.75, 3.05) is 27.2 Å². The fourth-order valence-corrected chi connectivity index (χ4v) is 4.30. The zero-order valence-corrected chi connectivity index (χ0v) is 18.8. The topological polar surface area (TPSA) is 73.8 Å². The lowest BCUT2D eigenvalue weighted by atomic mass is 9.91. The predicted octanol–water partition coefficient (Wildman–Crippen LogP) is 3.03. The highest BCUT2D eigenvalue weighted by Gasteiger charge is 2.22. The lowest BCUT2D eigenvalue weighted by molar-refractivity contribution is 0.518. The zero-order chi connectivity index (χ0) is 20.8. The molecular formula is C20H30N4O2S2. The van der Waals surface area contributed by atoms with E-state index in [0.29, 0.717) is 6.54 Å². The molecule has 0 atom stereocenters. The fraction of sp³-hybridized carbons (Fsp3) is 0.450. The lowest BCUT2D eigenvalue weighted by Crippen LogP contribution is -2.43. The first-order chi connectivity index (χ1) is 13.2. The SMILES string of the molecule is CCNC(=NCc1ccc(S(=O)(=O)N(C)C)cc1)NCC(C)(C)c1cccs1. The molecule has 0 aliphatic heterocycles. The maximum absolute atomic E-state index is 12.2. The maximum atomic E-state index is 12.2. The molecule has 0 saturated heterocycles. The van der Waals surface area contributed by atoms with E-state index in [9.17, 15) is 8.42 Å². The summed E-state index contributed by atoms with van der Waals surface area (Å²) in [6.07, 6.45) is 0. The molecule has 0 unspecified atom stereocenters. The smallest absolute Gasteiger partial charge is 0.242 e. The molecule has 1 aromatic carbocycles. The van der Waals surface area contributed by atoms with E-state index < -0.39 is 10.0 Å². The molecule has 0 spiro atoms. The van der Waals surface area contributed by atoms with Crippen LogP contribution in [0, 0.1) is 0 Å². The van der Waals surface area contributed by atoms with Crippen molar-refractivity contribution in [3.8, 4) is 0 Å². The number of guanidine groups is 1. The average molecular weight is 423 g/mol. The summed E-state index contributed by atoms with van der Waals surface area (Å²) in [6, 6.07) is 11.1. The number of sulfonamides is 1. The van der Waals surface area contributed by atoms with Gasteiger partial charge >= 0.3 is 0 Å². The molecule has 2 rings (SSSR count). The highest BCUT2D eigenvalue weighted by atomic mass is 32.2. The quantitative estimate of drug-likeness (QED) is 0.507. The first-order valence-electron chi connectivity index (χ1n) is 9.24. The van der Waals surface area contributed by atoms with Gasteiger partial charge in [0.05, 0.1) is 11.4 Å². The number of benzene rings is 1. The molecule has 0 bridgehead atoms. The number of aliphatic imine (C=N–C) groups is 1. The van der Waals surface area contributed by atoms with E-state index in [1.807, 2.05) is 6.92 Å². The van der Waals surface area contributed by atoms with Crippen LogP contribution in [0.3, 0.4) is 0 Å². The lowest BCUT2D eigenvalue weighted by Gasteiger charge is -2.25. The Morgan fingerprint density at radius 2 is 1.82 bits per heavy atom. The Kier molecular flexibility index (Phi) is 7.63. The van der Waals surface area contributed by atoms with Crippen LogP contribution in [0.2, 0.25) is 0 Å². The summed E-state index contributed by atoms with van der Waals surface area (Å²) in [5.41, 5.74) is 0.958. The van der Waals surface area contributed by atoms with Crippen LogP contribution in [0.4, 0.5) is 0 Å². The minimum absolute atomic E-state index is 0.00649. The molecule has 0 aliphatic carbocycles. The molecule has 1 heterocycles. The third kappa shape index (κ3) is 5.80. The molecule has 0 radical (unpaired) electrons. The molecule has 8 heteroatoms. The zero-order valence-electron chi connectivity index (χ0n) is 17.2. The first kappa shape index (κ1) is 22.4. The van der Waals surface area contributed by atoms with E-state index in [-0.39, 0.29) is 10.3 Å². The van der Waals surface area contributed by atoms with Gasteiger partial charge in [0, 0.05) is 37.5 Å². The number of nitrogens with zero attached hydrogens (tertiary/aromatic N) is 2. The van der Waals surface area contributed by atoms with Gasteiger partial charge in [0.15, 0.2) is 5.96 Å². The molecule has 2 aromatic rings.